The number of benzene rings is 1. The van der Waals surface area contributed by atoms with Gasteiger partial charge in [0.05, 0.1) is 19.8 Å². The number of ether oxygens (including phenoxy) is 1. The van der Waals surface area contributed by atoms with Crippen molar-refractivity contribution in [2.24, 2.45) is 0 Å². The fourth-order valence-corrected chi connectivity index (χ4v) is 4.26. The lowest BCUT2D eigenvalue weighted by molar-refractivity contribution is -0.136. The highest BCUT2D eigenvalue weighted by Gasteiger charge is 2.26. The van der Waals surface area contributed by atoms with Gasteiger partial charge in [0.25, 0.3) is 5.91 Å². The zero-order chi connectivity index (χ0) is 19.3. The number of amides is 2. The van der Waals surface area contributed by atoms with Gasteiger partial charge >= 0.3 is 0 Å². The molecule has 0 atom stereocenters. The predicted molar refractivity (Wildman–Crippen MR) is 107 cm³/mol. The van der Waals surface area contributed by atoms with E-state index in [2.05, 4.69) is 9.88 Å². The Kier molecular flexibility index (Phi) is 5.99. The van der Waals surface area contributed by atoms with Crippen LogP contribution in [0.15, 0.2) is 35.7 Å². The van der Waals surface area contributed by atoms with Crippen molar-refractivity contribution < 1.29 is 14.3 Å². The second kappa shape index (κ2) is 8.81. The molecule has 2 saturated heterocycles. The smallest absolute Gasteiger partial charge is 0.273 e. The van der Waals surface area contributed by atoms with E-state index in [1.54, 1.807) is 0 Å². The molecule has 2 aliphatic rings. The minimum Gasteiger partial charge on any atom is -0.378 e. The number of morpholine rings is 1. The van der Waals surface area contributed by atoms with E-state index < -0.39 is 0 Å². The number of hydrogen-bond donors (Lipinski definition) is 0. The summed E-state index contributed by atoms with van der Waals surface area (Å²) in [4.78, 5) is 35.5. The lowest BCUT2D eigenvalue weighted by Crippen LogP contribution is -2.52. The molecule has 1 aromatic heterocycles. The third-order valence-electron chi connectivity index (χ3n) is 5.13. The molecule has 1 aromatic carbocycles. The van der Waals surface area contributed by atoms with Crippen molar-refractivity contribution in [3.63, 3.8) is 0 Å². The lowest BCUT2D eigenvalue weighted by atomic mass is 10.2. The van der Waals surface area contributed by atoms with Crippen LogP contribution in [0.4, 0.5) is 0 Å². The van der Waals surface area contributed by atoms with Gasteiger partial charge < -0.3 is 14.5 Å². The first-order valence-electron chi connectivity index (χ1n) is 9.59. The van der Waals surface area contributed by atoms with Crippen LogP contribution in [-0.4, -0.2) is 90.5 Å². The van der Waals surface area contributed by atoms with Crippen molar-refractivity contribution in [3.8, 4) is 10.6 Å². The highest BCUT2D eigenvalue weighted by atomic mass is 32.1. The largest absolute Gasteiger partial charge is 0.378 e. The minimum absolute atomic E-state index is 0.0300. The molecule has 0 N–H and O–H groups in total. The van der Waals surface area contributed by atoms with E-state index >= 15 is 0 Å². The molecule has 0 saturated carbocycles. The number of thiazole rings is 1. The molecule has 2 amide bonds. The summed E-state index contributed by atoms with van der Waals surface area (Å²) in [5.41, 5.74) is 1.53. The van der Waals surface area contributed by atoms with Gasteiger partial charge in [-0.15, -0.1) is 11.3 Å². The Morgan fingerprint density at radius 1 is 0.964 bits per heavy atom. The number of rotatable bonds is 4. The van der Waals surface area contributed by atoms with Gasteiger partial charge in [0, 0.05) is 50.2 Å². The van der Waals surface area contributed by atoms with E-state index in [0.717, 1.165) is 10.6 Å². The van der Waals surface area contributed by atoms with Crippen LogP contribution in [0.3, 0.4) is 0 Å². The third kappa shape index (κ3) is 4.40. The van der Waals surface area contributed by atoms with Gasteiger partial charge in [0.2, 0.25) is 5.91 Å². The third-order valence-corrected chi connectivity index (χ3v) is 6.02. The number of hydrogen-bond acceptors (Lipinski definition) is 6. The van der Waals surface area contributed by atoms with Crippen LogP contribution >= 0.6 is 11.3 Å². The van der Waals surface area contributed by atoms with Crippen LogP contribution in [0.2, 0.25) is 0 Å². The first kappa shape index (κ1) is 19.0. The highest BCUT2D eigenvalue weighted by molar-refractivity contribution is 7.13. The van der Waals surface area contributed by atoms with Crippen molar-refractivity contribution in [2.75, 3.05) is 59.0 Å². The van der Waals surface area contributed by atoms with E-state index in [4.69, 9.17) is 4.74 Å². The summed E-state index contributed by atoms with van der Waals surface area (Å²) in [7, 11) is 0. The molecule has 8 heteroatoms. The summed E-state index contributed by atoms with van der Waals surface area (Å²) in [6.07, 6.45) is 0. The zero-order valence-electron chi connectivity index (χ0n) is 15.7. The zero-order valence-corrected chi connectivity index (χ0v) is 16.6. The van der Waals surface area contributed by atoms with E-state index in [1.165, 1.54) is 11.3 Å². The fourth-order valence-electron chi connectivity index (χ4n) is 3.46. The molecule has 0 radical (unpaired) electrons. The summed E-state index contributed by atoms with van der Waals surface area (Å²) in [6.45, 7) is 5.64. The Bertz CT molecular complexity index is 812. The Hall–Kier alpha value is -2.29. The molecule has 7 nitrogen and oxygen atoms in total. The molecule has 0 aliphatic carbocycles. The lowest BCUT2D eigenvalue weighted by Gasteiger charge is -2.35. The molecule has 28 heavy (non-hydrogen) atoms. The van der Waals surface area contributed by atoms with Crippen LogP contribution in [0.1, 0.15) is 10.5 Å². The Labute approximate surface area is 168 Å². The summed E-state index contributed by atoms with van der Waals surface area (Å²) in [5.74, 6) is 0.118. The summed E-state index contributed by atoms with van der Waals surface area (Å²) < 4.78 is 5.30. The summed E-state index contributed by atoms with van der Waals surface area (Å²) >= 11 is 1.49. The fraction of sp³-hybridized carbons (Fsp3) is 0.450. The molecule has 2 aromatic rings. The second-order valence-electron chi connectivity index (χ2n) is 6.97. The van der Waals surface area contributed by atoms with Gasteiger partial charge in [-0.2, -0.15) is 0 Å². The maximum absolute atomic E-state index is 12.8. The second-order valence-corrected chi connectivity index (χ2v) is 7.82. The van der Waals surface area contributed by atoms with Gasteiger partial charge in [-0.1, -0.05) is 30.3 Å². The predicted octanol–water partition coefficient (Wildman–Crippen LogP) is 1.43. The van der Waals surface area contributed by atoms with E-state index in [0.29, 0.717) is 64.7 Å². The van der Waals surface area contributed by atoms with Crippen LogP contribution in [0, 0.1) is 0 Å². The Morgan fingerprint density at radius 3 is 2.39 bits per heavy atom. The quantitative estimate of drug-likeness (QED) is 0.777. The van der Waals surface area contributed by atoms with Gasteiger partial charge in [0.1, 0.15) is 10.7 Å². The molecular weight excluding hydrogens is 376 g/mol. The normalized spacial score (nSPS) is 18.3. The molecular formula is C20H24N4O3S. The monoisotopic (exact) mass is 400 g/mol. The van der Waals surface area contributed by atoms with E-state index in [1.807, 2.05) is 45.5 Å². The number of carbonyl (C=O) groups is 2. The van der Waals surface area contributed by atoms with E-state index in [-0.39, 0.29) is 11.8 Å². The molecule has 3 heterocycles. The maximum atomic E-state index is 12.8. The molecule has 2 aliphatic heterocycles. The van der Waals surface area contributed by atoms with Gasteiger partial charge in [-0.25, -0.2) is 4.98 Å². The van der Waals surface area contributed by atoms with Crippen LogP contribution in [-0.2, 0) is 9.53 Å². The number of nitrogens with zero attached hydrogens (tertiary/aromatic N) is 4. The Balaban J connectivity index is 1.29. The van der Waals surface area contributed by atoms with Crippen LogP contribution in [0.25, 0.3) is 10.6 Å². The highest BCUT2D eigenvalue weighted by Crippen LogP contribution is 2.24. The van der Waals surface area contributed by atoms with Gasteiger partial charge in [-0.3, -0.25) is 14.5 Å². The van der Waals surface area contributed by atoms with Crippen LogP contribution < -0.4 is 0 Å². The molecule has 4 rings (SSSR count). The number of aromatic nitrogens is 1. The SMILES string of the molecule is O=C(CN1CCN(C(=O)c2csc(-c3ccccc3)n2)CC1)N1CCOCC1. The first-order valence-corrected chi connectivity index (χ1v) is 10.5. The number of carbonyl (C=O) groups excluding carboxylic acids is 2. The summed E-state index contributed by atoms with van der Waals surface area (Å²) in [5, 5.41) is 2.69. The van der Waals surface area contributed by atoms with E-state index in [9.17, 15) is 9.59 Å². The molecule has 0 spiro atoms. The maximum Gasteiger partial charge on any atom is 0.273 e. The van der Waals surface area contributed by atoms with Gasteiger partial charge in [-0.05, 0) is 0 Å². The van der Waals surface area contributed by atoms with Crippen molar-refractivity contribution in [2.45, 2.75) is 0 Å². The molecule has 148 valence electrons. The Morgan fingerprint density at radius 2 is 1.68 bits per heavy atom. The summed E-state index contributed by atoms with van der Waals surface area (Å²) in [6, 6.07) is 9.90. The average Bonchev–Trinajstić information content (AvgIpc) is 3.25. The first-order chi connectivity index (χ1) is 13.7. The minimum atomic E-state index is -0.0300. The topological polar surface area (TPSA) is 66.0 Å². The molecule has 0 unspecified atom stereocenters. The van der Waals surface area contributed by atoms with Gasteiger partial charge in [0.15, 0.2) is 0 Å². The number of piperazine rings is 1. The average molecular weight is 401 g/mol. The van der Waals surface area contributed by atoms with Crippen molar-refractivity contribution in [3.05, 3.63) is 41.4 Å². The van der Waals surface area contributed by atoms with Crippen molar-refractivity contribution in [1.29, 1.82) is 0 Å². The standard InChI is InChI=1S/C20H24N4O3S/c25-18(23-10-12-27-13-11-23)14-22-6-8-24(9-7-22)20(26)17-15-28-19(21-17)16-4-2-1-3-5-16/h1-5,15H,6-14H2. The van der Waals surface area contributed by atoms with Crippen LogP contribution in [0.5, 0.6) is 0 Å². The van der Waals surface area contributed by atoms with Crippen molar-refractivity contribution in [1.82, 2.24) is 19.7 Å². The molecule has 2 fully saturated rings. The molecule has 0 bridgehead atoms. The van der Waals surface area contributed by atoms with Crippen molar-refractivity contribution >= 4 is 23.2 Å².